The van der Waals surface area contributed by atoms with Crippen LogP contribution < -0.4 is 4.90 Å². The van der Waals surface area contributed by atoms with Crippen LogP contribution in [0.2, 0.25) is 5.02 Å². The summed E-state index contributed by atoms with van der Waals surface area (Å²) < 4.78 is 1.19. The minimum atomic E-state index is 0.533. The topological polar surface area (TPSA) is 30.3 Å². The predicted octanol–water partition coefficient (Wildman–Crippen LogP) is 4.36. The van der Waals surface area contributed by atoms with Gasteiger partial charge >= 0.3 is 0 Å². The molecule has 1 fully saturated rings. The van der Waals surface area contributed by atoms with E-state index in [1.807, 2.05) is 12.1 Å². The Kier molecular flexibility index (Phi) is 5.04. The van der Waals surface area contributed by atoms with Gasteiger partial charge in [0.1, 0.15) is 6.07 Å². The van der Waals surface area contributed by atoms with Gasteiger partial charge in [-0.15, -0.1) is 11.3 Å². The molecule has 0 bridgehead atoms. The Morgan fingerprint density at radius 1 is 1.18 bits per heavy atom. The SMILES string of the molecule is N#Cc1ccc(N2CCN(Cc3ccc(Br)s3)CC2)cc1Cl. The van der Waals surface area contributed by atoms with Crippen molar-refractivity contribution in [2.24, 2.45) is 0 Å². The summed E-state index contributed by atoms with van der Waals surface area (Å²) >= 11 is 11.4. The van der Waals surface area contributed by atoms with Crippen LogP contribution in [0.4, 0.5) is 5.69 Å². The van der Waals surface area contributed by atoms with Crippen LogP contribution >= 0.6 is 38.9 Å². The van der Waals surface area contributed by atoms with Gasteiger partial charge in [-0.2, -0.15) is 5.26 Å². The van der Waals surface area contributed by atoms with Crippen molar-refractivity contribution >= 4 is 44.6 Å². The molecule has 0 saturated carbocycles. The number of halogens is 2. The molecule has 0 aliphatic carbocycles. The number of nitrogens with zero attached hydrogens (tertiary/aromatic N) is 3. The Hall–Kier alpha value is -1.06. The van der Waals surface area contributed by atoms with Gasteiger partial charge in [0.2, 0.25) is 0 Å². The molecule has 1 aliphatic heterocycles. The second-order valence-corrected chi connectivity index (χ2v) is 8.20. The molecule has 0 radical (unpaired) electrons. The van der Waals surface area contributed by atoms with Crippen LogP contribution in [0, 0.1) is 11.3 Å². The van der Waals surface area contributed by atoms with Crippen LogP contribution in [0.15, 0.2) is 34.1 Å². The Balaban J connectivity index is 1.59. The van der Waals surface area contributed by atoms with Crippen LogP contribution in [0.1, 0.15) is 10.4 Å². The van der Waals surface area contributed by atoms with E-state index in [1.165, 1.54) is 8.66 Å². The number of hydrogen-bond donors (Lipinski definition) is 0. The first-order valence-corrected chi connectivity index (χ1v) is 9.05. The molecule has 22 heavy (non-hydrogen) atoms. The lowest BCUT2D eigenvalue weighted by Gasteiger charge is -2.36. The van der Waals surface area contributed by atoms with E-state index in [9.17, 15) is 0 Å². The Bertz CT molecular complexity index is 702. The minimum absolute atomic E-state index is 0.533. The molecular weight excluding hydrogens is 382 g/mol. The molecule has 6 heteroatoms. The zero-order valence-electron chi connectivity index (χ0n) is 11.9. The maximum atomic E-state index is 8.94. The third-order valence-electron chi connectivity index (χ3n) is 3.82. The van der Waals surface area contributed by atoms with Crippen LogP contribution in [0.25, 0.3) is 0 Å². The van der Waals surface area contributed by atoms with Crippen LogP contribution in [0.5, 0.6) is 0 Å². The molecule has 0 amide bonds. The number of anilines is 1. The molecule has 0 spiro atoms. The Morgan fingerprint density at radius 2 is 1.95 bits per heavy atom. The van der Waals surface area contributed by atoms with Crippen LogP contribution in [-0.2, 0) is 6.54 Å². The van der Waals surface area contributed by atoms with Crippen molar-refractivity contribution in [1.82, 2.24) is 4.90 Å². The summed E-state index contributed by atoms with van der Waals surface area (Å²) in [4.78, 5) is 6.19. The quantitative estimate of drug-likeness (QED) is 0.772. The largest absolute Gasteiger partial charge is 0.369 e. The van der Waals surface area contributed by atoms with Gasteiger partial charge < -0.3 is 4.90 Å². The zero-order valence-corrected chi connectivity index (χ0v) is 15.1. The monoisotopic (exact) mass is 395 g/mol. The summed E-state index contributed by atoms with van der Waals surface area (Å²) in [7, 11) is 0. The summed E-state index contributed by atoms with van der Waals surface area (Å²) in [6.45, 7) is 5.04. The smallest absolute Gasteiger partial charge is 0.101 e. The first-order chi connectivity index (χ1) is 10.7. The fourth-order valence-electron chi connectivity index (χ4n) is 2.61. The highest BCUT2D eigenvalue weighted by Gasteiger charge is 2.18. The third kappa shape index (κ3) is 3.64. The van der Waals surface area contributed by atoms with Crippen LogP contribution in [0.3, 0.4) is 0 Å². The second-order valence-electron chi connectivity index (χ2n) is 5.24. The van der Waals surface area contributed by atoms with Gasteiger partial charge in [0.15, 0.2) is 0 Å². The molecule has 3 nitrogen and oxygen atoms in total. The first kappa shape index (κ1) is 15.8. The van der Waals surface area contributed by atoms with E-state index < -0.39 is 0 Å². The van der Waals surface area contributed by atoms with Gasteiger partial charge in [0.05, 0.1) is 14.4 Å². The molecule has 1 saturated heterocycles. The summed E-state index contributed by atoms with van der Waals surface area (Å²) in [6, 6.07) is 12.1. The van der Waals surface area contributed by atoms with Gasteiger partial charge in [-0.05, 0) is 46.3 Å². The van der Waals surface area contributed by atoms with Gasteiger partial charge in [-0.3, -0.25) is 4.90 Å². The van der Waals surface area contributed by atoms with Gasteiger partial charge in [0, 0.05) is 43.3 Å². The van der Waals surface area contributed by atoms with E-state index in [4.69, 9.17) is 16.9 Å². The lowest BCUT2D eigenvalue weighted by atomic mass is 10.2. The Labute approximate surface area is 147 Å². The van der Waals surface area contributed by atoms with Crippen molar-refractivity contribution in [3.05, 3.63) is 49.6 Å². The number of thiophene rings is 1. The van der Waals surface area contributed by atoms with E-state index >= 15 is 0 Å². The molecule has 0 atom stereocenters. The van der Waals surface area contributed by atoms with E-state index in [0.29, 0.717) is 10.6 Å². The van der Waals surface area contributed by atoms with Crippen LogP contribution in [-0.4, -0.2) is 31.1 Å². The maximum absolute atomic E-state index is 8.94. The predicted molar refractivity (Wildman–Crippen MR) is 95.7 cm³/mol. The van der Waals surface area contributed by atoms with E-state index in [-0.39, 0.29) is 0 Å². The van der Waals surface area contributed by atoms with Gasteiger partial charge in [-0.1, -0.05) is 11.6 Å². The number of rotatable bonds is 3. The summed E-state index contributed by atoms with van der Waals surface area (Å²) in [5, 5.41) is 9.47. The fraction of sp³-hybridized carbons (Fsp3) is 0.312. The summed E-state index contributed by atoms with van der Waals surface area (Å²) in [6.07, 6.45) is 0. The average Bonchev–Trinajstić information content (AvgIpc) is 2.93. The molecule has 1 aromatic carbocycles. The molecule has 0 N–H and O–H groups in total. The number of nitriles is 1. The number of hydrogen-bond acceptors (Lipinski definition) is 4. The van der Waals surface area contributed by atoms with E-state index in [1.54, 1.807) is 17.4 Å². The minimum Gasteiger partial charge on any atom is -0.369 e. The normalized spacial score (nSPS) is 15.8. The maximum Gasteiger partial charge on any atom is 0.101 e. The fourth-order valence-corrected chi connectivity index (χ4v) is 4.36. The molecule has 3 rings (SSSR count). The van der Waals surface area contributed by atoms with Crippen molar-refractivity contribution in [2.75, 3.05) is 31.1 Å². The number of piperazine rings is 1. The van der Waals surface area contributed by atoms with Crippen molar-refractivity contribution in [3.8, 4) is 6.07 Å². The Morgan fingerprint density at radius 3 is 2.55 bits per heavy atom. The average molecular weight is 397 g/mol. The van der Waals surface area contributed by atoms with Crippen molar-refractivity contribution < 1.29 is 0 Å². The van der Waals surface area contributed by atoms with Gasteiger partial charge in [0.25, 0.3) is 0 Å². The van der Waals surface area contributed by atoms with E-state index in [2.05, 4.69) is 43.9 Å². The van der Waals surface area contributed by atoms with Gasteiger partial charge in [-0.25, -0.2) is 0 Å². The highest BCUT2D eigenvalue weighted by Crippen LogP contribution is 2.26. The van der Waals surface area contributed by atoms with E-state index in [0.717, 1.165) is 38.4 Å². The zero-order chi connectivity index (χ0) is 15.5. The summed E-state index contributed by atoms with van der Waals surface area (Å²) in [5.41, 5.74) is 1.63. The molecule has 0 unspecified atom stereocenters. The lowest BCUT2D eigenvalue weighted by Crippen LogP contribution is -2.45. The highest BCUT2D eigenvalue weighted by atomic mass is 79.9. The molecule has 1 aliphatic rings. The standard InChI is InChI=1S/C16H15BrClN3S/c17-16-4-3-14(22-16)11-20-5-7-21(8-6-20)13-2-1-12(10-19)15(18)9-13/h1-4,9H,5-8,11H2. The first-order valence-electron chi connectivity index (χ1n) is 7.07. The highest BCUT2D eigenvalue weighted by molar-refractivity contribution is 9.11. The van der Waals surface area contributed by atoms with Crippen molar-refractivity contribution in [3.63, 3.8) is 0 Å². The second kappa shape index (κ2) is 7.01. The van der Waals surface area contributed by atoms with Crippen molar-refractivity contribution in [1.29, 1.82) is 5.26 Å². The summed E-state index contributed by atoms with van der Waals surface area (Å²) in [5.74, 6) is 0. The molecule has 2 heterocycles. The molecular formula is C16H15BrClN3S. The third-order valence-corrected chi connectivity index (χ3v) is 5.74. The molecule has 114 valence electrons. The van der Waals surface area contributed by atoms with Crippen molar-refractivity contribution in [2.45, 2.75) is 6.54 Å². The number of benzene rings is 1. The lowest BCUT2D eigenvalue weighted by molar-refractivity contribution is 0.252. The molecule has 1 aromatic heterocycles. The molecule has 2 aromatic rings.